The Morgan fingerprint density at radius 1 is 1.06 bits per heavy atom. The molecule has 180 valence electrons. The van der Waals surface area contributed by atoms with Gasteiger partial charge in [0.15, 0.2) is 0 Å². The number of amides is 1. The third-order valence-corrected chi connectivity index (χ3v) is 8.10. The Morgan fingerprint density at radius 2 is 1.80 bits per heavy atom. The first kappa shape index (κ1) is 24.4. The number of nitrogens with zero attached hydrogens (tertiary/aromatic N) is 3. The lowest BCUT2D eigenvalue weighted by Gasteiger charge is -2.28. The fourth-order valence-corrected chi connectivity index (χ4v) is 5.89. The second kappa shape index (κ2) is 9.99. The van der Waals surface area contributed by atoms with E-state index in [-0.39, 0.29) is 23.9 Å². The summed E-state index contributed by atoms with van der Waals surface area (Å²) in [5, 5.41) is 9.69. The number of carbonyl (C=O) groups excluding carboxylic acids is 1. The summed E-state index contributed by atoms with van der Waals surface area (Å²) in [4.78, 5) is 13.6. The predicted octanol–water partition coefficient (Wildman–Crippen LogP) is 6.96. The molecule has 0 aromatic heterocycles. The number of fused-ring (bicyclic) bond motifs is 1. The van der Waals surface area contributed by atoms with E-state index in [4.69, 9.17) is 28.3 Å². The van der Waals surface area contributed by atoms with Gasteiger partial charge in [0.2, 0.25) is 0 Å². The molecule has 0 aliphatic carbocycles. The summed E-state index contributed by atoms with van der Waals surface area (Å²) in [5.74, 6) is -0.372. The van der Waals surface area contributed by atoms with Crippen LogP contribution in [0.4, 0.5) is 11.4 Å². The van der Waals surface area contributed by atoms with Crippen LogP contribution in [0.15, 0.2) is 71.8 Å². The van der Waals surface area contributed by atoms with E-state index < -0.39 is 0 Å². The Bertz CT molecular complexity index is 1300. The lowest BCUT2D eigenvalue weighted by molar-refractivity contribution is -0.115. The first-order valence-electron chi connectivity index (χ1n) is 11.5. The van der Waals surface area contributed by atoms with Crippen LogP contribution < -0.4 is 15.4 Å². The van der Waals surface area contributed by atoms with Gasteiger partial charge in [0.25, 0.3) is 5.91 Å². The van der Waals surface area contributed by atoms with Crippen molar-refractivity contribution in [2.75, 3.05) is 10.0 Å². The molecule has 3 aromatic carbocycles. The number of carbonyl (C=O) groups is 1. The van der Waals surface area contributed by atoms with Crippen molar-refractivity contribution in [2.24, 2.45) is 11.0 Å². The highest BCUT2D eigenvalue weighted by molar-refractivity contribution is 14.1. The first-order chi connectivity index (χ1) is 16.9. The minimum absolute atomic E-state index is 0.159. The van der Waals surface area contributed by atoms with Crippen LogP contribution in [-0.4, -0.2) is 17.7 Å². The molecule has 0 radical (unpaired) electrons. The second-order valence-electron chi connectivity index (χ2n) is 9.03. The number of hydrazine groups is 1. The summed E-state index contributed by atoms with van der Waals surface area (Å²) in [6.07, 6.45) is 0.886. The summed E-state index contributed by atoms with van der Waals surface area (Å²) in [6.45, 7) is 4.15. The molecule has 0 saturated carbocycles. The van der Waals surface area contributed by atoms with Gasteiger partial charge in [-0.2, -0.15) is 5.10 Å². The van der Waals surface area contributed by atoms with Gasteiger partial charge in [0, 0.05) is 15.4 Å². The fourth-order valence-electron chi connectivity index (χ4n) is 4.89. The molecule has 3 atom stereocenters. The summed E-state index contributed by atoms with van der Waals surface area (Å²) < 4.78 is 0.935. The summed E-state index contributed by atoms with van der Waals surface area (Å²) >= 11 is 15.1. The van der Waals surface area contributed by atoms with Crippen LogP contribution in [0.25, 0.3) is 0 Å². The second-order valence-corrected chi connectivity index (χ2v) is 10.6. The molecule has 8 heteroatoms. The Morgan fingerprint density at radius 3 is 2.51 bits per heavy atom. The van der Waals surface area contributed by atoms with E-state index in [9.17, 15) is 4.79 Å². The SMILES string of the molecule is CC1Cc2ccccc2N1NC(=O)C1=NN(c2ccc(Cl)cc2Cl)[C@@H](c2ccc(CI)cc2)[C@H]1C. The largest absolute Gasteiger partial charge is 0.286 e. The maximum absolute atomic E-state index is 13.6. The summed E-state index contributed by atoms with van der Waals surface area (Å²) in [6, 6.07) is 22.0. The zero-order valence-corrected chi connectivity index (χ0v) is 23.1. The number of hydrazone groups is 1. The van der Waals surface area contributed by atoms with E-state index in [2.05, 4.69) is 65.3 Å². The van der Waals surface area contributed by atoms with Gasteiger partial charge in [-0.05, 0) is 54.3 Å². The molecule has 0 spiro atoms. The monoisotopic (exact) mass is 618 g/mol. The molecular formula is C27H25Cl2IN4O. The molecule has 3 aromatic rings. The molecule has 2 aliphatic rings. The van der Waals surface area contributed by atoms with Gasteiger partial charge in [0.05, 0.1) is 28.5 Å². The van der Waals surface area contributed by atoms with E-state index in [1.54, 1.807) is 12.1 Å². The number of hydrogen-bond donors (Lipinski definition) is 1. The van der Waals surface area contributed by atoms with E-state index in [1.807, 2.05) is 41.2 Å². The van der Waals surface area contributed by atoms with E-state index in [1.165, 1.54) is 11.1 Å². The molecule has 2 heterocycles. The van der Waals surface area contributed by atoms with Crippen LogP contribution >= 0.6 is 45.8 Å². The van der Waals surface area contributed by atoms with Gasteiger partial charge in [-0.1, -0.05) is 95.2 Å². The number of benzene rings is 3. The molecule has 0 bridgehead atoms. The third-order valence-electron chi connectivity index (χ3n) is 6.68. The van der Waals surface area contributed by atoms with E-state index in [0.29, 0.717) is 21.4 Å². The maximum Gasteiger partial charge on any atom is 0.286 e. The number of para-hydroxylation sites is 1. The van der Waals surface area contributed by atoms with Crippen LogP contribution in [0.5, 0.6) is 0 Å². The standard InChI is InChI=1S/C27H25Cl2IN4O/c1-16-13-20-5-3-4-6-23(20)33(16)32-27(35)25-17(2)26(19-9-7-18(15-30)8-10-19)34(31-25)24-12-11-21(28)14-22(24)29/h3-12,14,16-17,26H,13,15H2,1-2H3,(H,32,35)/t16?,17-,26+/m0/s1. The van der Waals surface area contributed by atoms with Crippen molar-refractivity contribution in [2.45, 2.75) is 36.8 Å². The summed E-state index contributed by atoms with van der Waals surface area (Å²) in [7, 11) is 0. The van der Waals surface area contributed by atoms with Crippen LogP contribution in [-0.2, 0) is 15.6 Å². The number of nitrogens with one attached hydrogen (secondary N) is 1. The van der Waals surface area contributed by atoms with Crippen molar-refractivity contribution in [3.8, 4) is 0 Å². The van der Waals surface area contributed by atoms with Crippen molar-refractivity contribution >= 4 is 68.8 Å². The number of halogens is 3. The van der Waals surface area contributed by atoms with Crippen molar-refractivity contribution in [1.29, 1.82) is 0 Å². The average molecular weight is 619 g/mol. The Balaban J connectivity index is 1.50. The number of rotatable bonds is 5. The van der Waals surface area contributed by atoms with Crippen LogP contribution in [0.2, 0.25) is 10.0 Å². The molecule has 0 fully saturated rings. The molecule has 2 aliphatic heterocycles. The van der Waals surface area contributed by atoms with Gasteiger partial charge in [0.1, 0.15) is 5.71 Å². The molecule has 0 saturated heterocycles. The topological polar surface area (TPSA) is 47.9 Å². The minimum atomic E-state index is -0.206. The zero-order chi connectivity index (χ0) is 24.7. The summed E-state index contributed by atoms with van der Waals surface area (Å²) in [5.41, 5.74) is 8.89. The Labute approximate surface area is 229 Å². The quantitative estimate of drug-likeness (QED) is 0.248. The molecule has 1 amide bonds. The minimum Gasteiger partial charge on any atom is -0.282 e. The smallest absolute Gasteiger partial charge is 0.282 e. The van der Waals surface area contributed by atoms with Crippen LogP contribution in [0.1, 0.15) is 36.6 Å². The molecular weight excluding hydrogens is 594 g/mol. The Kier molecular flexibility index (Phi) is 6.97. The zero-order valence-electron chi connectivity index (χ0n) is 19.4. The fraction of sp³-hybridized carbons (Fsp3) is 0.259. The third kappa shape index (κ3) is 4.63. The average Bonchev–Trinajstić information content (AvgIpc) is 3.35. The molecule has 5 nitrogen and oxygen atoms in total. The lowest BCUT2D eigenvalue weighted by atomic mass is 9.90. The van der Waals surface area contributed by atoms with Gasteiger partial charge in [-0.15, -0.1) is 0 Å². The molecule has 1 unspecified atom stereocenters. The lowest BCUT2D eigenvalue weighted by Crippen LogP contribution is -2.49. The van der Waals surface area contributed by atoms with Crippen molar-refractivity contribution in [3.63, 3.8) is 0 Å². The van der Waals surface area contributed by atoms with Gasteiger partial charge in [-0.3, -0.25) is 20.2 Å². The van der Waals surface area contributed by atoms with Gasteiger partial charge < -0.3 is 0 Å². The highest BCUT2D eigenvalue weighted by Crippen LogP contribution is 2.42. The Hall–Kier alpha value is -2.29. The highest BCUT2D eigenvalue weighted by atomic mass is 127. The van der Waals surface area contributed by atoms with Crippen molar-refractivity contribution in [1.82, 2.24) is 5.43 Å². The van der Waals surface area contributed by atoms with E-state index in [0.717, 1.165) is 22.1 Å². The predicted molar refractivity (Wildman–Crippen MR) is 153 cm³/mol. The first-order valence-corrected chi connectivity index (χ1v) is 13.8. The number of anilines is 2. The van der Waals surface area contributed by atoms with Crippen molar-refractivity contribution in [3.05, 3.63) is 93.5 Å². The van der Waals surface area contributed by atoms with Gasteiger partial charge >= 0.3 is 0 Å². The number of alkyl halides is 1. The van der Waals surface area contributed by atoms with Crippen LogP contribution in [0.3, 0.4) is 0 Å². The highest BCUT2D eigenvalue weighted by Gasteiger charge is 2.41. The number of hydrogen-bond acceptors (Lipinski definition) is 4. The maximum atomic E-state index is 13.6. The normalized spacial score (nSPS) is 21.2. The molecule has 35 heavy (non-hydrogen) atoms. The van der Waals surface area contributed by atoms with E-state index >= 15 is 0 Å². The van der Waals surface area contributed by atoms with Gasteiger partial charge in [-0.25, -0.2) is 0 Å². The molecule has 1 N–H and O–H groups in total. The van der Waals surface area contributed by atoms with Crippen LogP contribution in [0, 0.1) is 5.92 Å². The van der Waals surface area contributed by atoms with Crippen molar-refractivity contribution < 1.29 is 4.79 Å². The molecule has 5 rings (SSSR count).